The quantitative estimate of drug-likeness (QED) is 0.675. The molecular formula is C10H14N2O. The highest BCUT2D eigenvalue weighted by Crippen LogP contribution is 2.08. The van der Waals surface area contributed by atoms with E-state index in [1.807, 2.05) is 25.1 Å². The Morgan fingerprint density at radius 3 is 1.85 bits per heavy atom. The topological polar surface area (TPSA) is 69.1 Å². The predicted octanol–water partition coefficient (Wildman–Crippen LogP) is 1.74. The molecule has 0 saturated carbocycles. The Labute approximate surface area is 78.0 Å². The summed E-state index contributed by atoms with van der Waals surface area (Å²) in [5.74, 6) is 0. The molecular weight excluding hydrogens is 164 g/mol. The average Bonchev–Trinajstić information content (AvgIpc) is 2.05. The van der Waals surface area contributed by atoms with E-state index in [0.717, 1.165) is 5.57 Å². The van der Waals surface area contributed by atoms with Gasteiger partial charge in [-0.2, -0.15) is 0 Å². The van der Waals surface area contributed by atoms with Crippen molar-refractivity contribution in [2.75, 3.05) is 0 Å². The number of benzene rings is 1. The number of carbonyl (C=O) groups excluding carboxylic acids is 1. The Morgan fingerprint density at radius 2 is 1.62 bits per heavy atom. The summed E-state index contributed by atoms with van der Waals surface area (Å²) in [6, 6.07) is 9.32. The molecule has 0 aliphatic rings. The molecule has 1 aromatic carbocycles. The van der Waals surface area contributed by atoms with Gasteiger partial charge in [0, 0.05) is 0 Å². The SMILES string of the molecule is C=C(C)c1ccccc1.NC(N)=O. The molecule has 0 bridgehead atoms. The molecule has 13 heavy (non-hydrogen) atoms. The van der Waals surface area contributed by atoms with Crippen LogP contribution in [-0.2, 0) is 0 Å². The Bertz CT molecular complexity index is 276. The zero-order chi connectivity index (χ0) is 10.3. The minimum atomic E-state index is -0.833. The summed E-state index contributed by atoms with van der Waals surface area (Å²) in [6.45, 7) is 5.83. The van der Waals surface area contributed by atoms with Gasteiger partial charge in [-0.25, -0.2) is 4.79 Å². The van der Waals surface area contributed by atoms with E-state index in [0.29, 0.717) is 0 Å². The van der Waals surface area contributed by atoms with Crippen molar-refractivity contribution >= 4 is 11.6 Å². The summed E-state index contributed by atoms with van der Waals surface area (Å²) in [6.07, 6.45) is 0. The van der Waals surface area contributed by atoms with Gasteiger partial charge in [-0.15, -0.1) is 0 Å². The van der Waals surface area contributed by atoms with Crippen molar-refractivity contribution < 1.29 is 4.79 Å². The lowest BCUT2D eigenvalue weighted by Crippen LogP contribution is -2.18. The standard InChI is InChI=1S/C9H10.CH4N2O/c1-8(2)9-6-4-3-5-7-9;2-1(3)4/h3-7H,1H2,2H3;(H4,2,3,4). The Hall–Kier alpha value is -1.77. The minimum Gasteiger partial charge on any atom is -0.352 e. The molecule has 0 fully saturated rings. The number of carbonyl (C=O) groups is 1. The number of urea groups is 1. The number of amides is 2. The molecule has 70 valence electrons. The first-order valence-electron chi connectivity index (χ1n) is 3.80. The van der Waals surface area contributed by atoms with Gasteiger partial charge >= 0.3 is 6.03 Å². The van der Waals surface area contributed by atoms with Crippen LogP contribution >= 0.6 is 0 Å². The fraction of sp³-hybridized carbons (Fsp3) is 0.100. The van der Waals surface area contributed by atoms with Crippen LogP contribution in [0.4, 0.5) is 4.79 Å². The van der Waals surface area contributed by atoms with Crippen LogP contribution in [0.2, 0.25) is 0 Å². The molecule has 0 aromatic heterocycles. The second-order valence-electron chi connectivity index (χ2n) is 2.55. The molecule has 0 radical (unpaired) electrons. The van der Waals surface area contributed by atoms with Crippen LogP contribution < -0.4 is 11.5 Å². The van der Waals surface area contributed by atoms with Crippen molar-refractivity contribution in [3.8, 4) is 0 Å². The van der Waals surface area contributed by atoms with E-state index < -0.39 is 6.03 Å². The normalized spacial score (nSPS) is 8.08. The van der Waals surface area contributed by atoms with Crippen LogP contribution in [0, 0.1) is 0 Å². The number of allylic oxidation sites excluding steroid dienone is 1. The second-order valence-corrected chi connectivity index (χ2v) is 2.55. The lowest BCUT2D eigenvalue weighted by atomic mass is 10.1. The Morgan fingerprint density at radius 1 is 1.23 bits per heavy atom. The van der Waals surface area contributed by atoms with Gasteiger partial charge in [0.05, 0.1) is 0 Å². The van der Waals surface area contributed by atoms with Gasteiger partial charge in [0.15, 0.2) is 0 Å². The van der Waals surface area contributed by atoms with Gasteiger partial charge in [-0.05, 0) is 12.5 Å². The van der Waals surface area contributed by atoms with Crippen LogP contribution in [0.25, 0.3) is 5.57 Å². The van der Waals surface area contributed by atoms with Gasteiger partial charge < -0.3 is 11.5 Å². The van der Waals surface area contributed by atoms with Gasteiger partial charge in [-0.3, -0.25) is 0 Å². The van der Waals surface area contributed by atoms with E-state index in [1.54, 1.807) is 0 Å². The fourth-order valence-corrected chi connectivity index (χ4v) is 0.723. The third kappa shape index (κ3) is 6.62. The molecule has 3 nitrogen and oxygen atoms in total. The zero-order valence-corrected chi connectivity index (χ0v) is 7.66. The van der Waals surface area contributed by atoms with Crippen LogP contribution in [0.1, 0.15) is 12.5 Å². The number of rotatable bonds is 1. The highest BCUT2D eigenvalue weighted by atomic mass is 16.2. The molecule has 0 unspecified atom stereocenters. The van der Waals surface area contributed by atoms with Crippen molar-refractivity contribution in [3.63, 3.8) is 0 Å². The molecule has 0 heterocycles. The maximum atomic E-state index is 9.00. The number of hydrogen-bond donors (Lipinski definition) is 2. The van der Waals surface area contributed by atoms with Gasteiger partial charge in [0.25, 0.3) is 0 Å². The van der Waals surface area contributed by atoms with Crippen LogP contribution in [0.15, 0.2) is 36.9 Å². The summed E-state index contributed by atoms with van der Waals surface area (Å²) in [7, 11) is 0. The monoisotopic (exact) mass is 178 g/mol. The molecule has 1 rings (SSSR count). The summed E-state index contributed by atoms with van der Waals surface area (Å²) in [5.41, 5.74) is 10.8. The first kappa shape index (κ1) is 11.2. The van der Waals surface area contributed by atoms with Crippen LogP contribution in [-0.4, -0.2) is 6.03 Å². The van der Waals surface area contributed by atoms with E-state index in [4.69, 9.17) is 4.79 Å². The summed E-state index contributed by atoms with van der Waals surface area (Å²) < 4.78 is 0. The molecule has 4 N–H and O–H groups in total. The number of hydrogen-bond acceptors (Lipinski definition) is 1. The molecule has 0 aliphatic carbocycles. The van der Waals surface area contributed by atoms with E-state index in [1.165, 1.54) is 5.56 Å². The first-order chi connectivity index (χ1) is 6.04. The van der Waals surface area contributed by atoms with Crippen molar-refractivity contribution in [2.45, 2.75) is 6.92 Å². The van der Waals surface area contributed by atoms with Crippen molar-refractivity contribution in [2.24, 2.45) is 11.5 Å². The van der Waals surface area contributed by atoms with Gasteiger partial charge in [0.2, 0.25) is 0 Å². The van der Waals surface area contributed by atoms with Crippen molar-refractivity contribution in [3.05, 3.63) is 42.5 Å². The predicted molar refractivity (Wildman–Crippen MR) is 54.9 cm³/mol. The highest BCUT2D eigenvalue weighted by molar-refractivity contribution is 5.69. The van der Waals surface area contributed by atoms with E-state index in [-0.39, 0.29) is 0 Å². The van der Waals surface area contributed by atoms with Crippen LogP contribution in [0.3, 0.4) is 0 Å². The molecule has 3 heteroatoms. The van der Waals surface area contributed by atoms with Crippen molar-refractivity contribution in [1.82, 2.24) is 0 Å². The number of primary amides is 2. The Kier molecular flexibility index (Phi) is 5.03. The molecule has 0 atom stereocenters. The zero-order valence-electron chi connectivity index (χ0n) is 7.66. The van der Waals surface area contributed by atoms with E-state index in [2.05, 4.69) is 30.2 Å². The molecule has 0 aliphatic heterocycles. The van der Waals surface area contributed by atoms with Crippen LogP contribution in [0.5, 0.6) is 0 Å². The summed E-state index contributed by atoms with van der Waals surface area (Å²) in [5, 5.41) is 0. The molecule has 0 spiro atoms. The average molecular weight is 178 g/mol. The summed E-state index contributed by atoms with van der Waals surface area (Å²) >= 11 is 0. The van der Waals surface area contributed by atoms with Gasteiger partial charge in [-0.1, -0.05) is 42.5 Å². The van der Waals surface area contributed by atoms with Gasteiger partial charge in [0.1, 0.15) is 0 Å². The maximum Gasteiger partial charge on any atom is 0.309 e. The lowest BCUT2D eigenvalue weighted by molar-refractivity contribution is 0.256. The third-order valence-corrected chi connectivity index (χ3v) is 1.27. The maximum absolute atomic E-state index is 9.00. The fourth-order valence-electron chi connectivity index (χ4n) is 0.723. The lowest BCUT2D eigenvalue weighted by Gasteiger charge is -1.94. The smallest absolute Gasteiger partial charge is 0.309 e. The third-order valence-electron chi connectivity index (χ3n) is 1.27. The van der Waals surface area contributed by atoms with E-state index in [9.17, 15) is 0 Å². The summed E-state index contributed by atoms with van der Waals surface area (Å²) in [4.78, 5) is 9.00. The Balaban J connectivity index is 0.000000310. The van der Waals surface area contributed by atoms with Crippen molar-refractivity contribution in [1.29, 1.82) is 0 Å². The molecule has 0 saturated heterocycles. The minimum absolute atomic E-state index is 0.833. The highest BCUT2D eigenvalue weighted by Gasteiger charge is 1.86. The first-order valence-corrected chi connectivity index (χ1v) is 3.80. The molecule has 1 aromatic rings. The number of nitrogens with two attached hydrogens (primary N) is 2. The largest absolute Gasteiger partial charge is 0.352 e. The second kappa shape index (κ2) is 5.83. The van der Waals surface area contributed by atoms with E-state index >= 15 is 0 Å². The molecule has 2 amide bonds.